The second-order valence-corrected chi connectivity index (χ2v) is 7.00. The lowest BCUT2D eigenvalue weighted by Crippen LogP contribution is -2.47. The van der Waals surface area contributed by atoms with E-state index in [1.54, 1.807) is 24.3 Å². The number of carbonyl (C=O) groups excluding carboxylic acids is 2. The Labute approximate surface area is 144 Å². The normalized spacial score (nSPS) is 12.0. The van der Waals surface area contributed by atoms with Crippen molar-refractivity contribution in [2.45, 2.75) is 26.8 Å². The number of aryl methyl sites for hydroxylation is 1. The molecule has 0 bridgehead atoms. The molecule has 0 fully saturated rings. The van der Waals surface area contributed by atoms with Crippen LogP contribution in [-0.4, -0.2) is 17.9 Å². The highest BCUT2D eigenvalue weighted by Crippen LogP contribution is 2.23. The van der Waals surface area contributed by atoms with Crippen LogP contribution >= 0.6 is 22.9 Å². The lowest BCUT2D eigenvalue weighted by atomic mass is 10.0. The van der Waals surface area contributed by atoms with Gasteiger partial charge in [-0.3, -0.25) is 9.59 Å². The maximum Gasteiger partial charge on any atom is 0.262 e. The van der Waals surface area contributed by atoms with Gasteiger partial charge in [0.05, 0.1) is 15.6 Å². The van der Waals surface area contributed by atoms with Gasteiger partial charge in [0.15, 0.2) is 0 Å². The lowest BCUT2D eigenvalue weighted by molar-refractivity contribution is -0.118. The molecule has 2 N–H and O–H groups in total. The first-order valence-corrected chi connectivity index (χ1v) is 8.55. The van der Waals surface area contributed by atoms with Gasteiger partial charge in [-0.2, -0.15) is 0 Å². The molecular weight excluding hydrogens is 332 g/mol. The van der Waals surface area contributed by atoms with Gasteiger partial charge in [-0.15, -0.1) is 11.3 Å². The van der Waals surface area contributed by atoms with Crippen molar-refractivity contribution >= 4 is 40.4 Å². The van der Waals surface area contributed by atoms with Gasteiger partial charge in [0.25, 0.3) is 5.91 Å². The van der Waals surface area contributed by atoms with E-state index in [1.807, 2.05) is 32.2 Å². The number of carbonyl (C=O) groups is 2. The molecule has 4 nitrogen and oxygen atoms in total. The van der Waals surface area contributed by atoms with E-state index in [1.165, 1.54) is 11.3 Å². The van der Waals surface area contributed by atoms with Gasteiger partial charge >= 0.3 is 0 Å². The zero-order valence-electron chi connectivity index (χ0n) is 13.2. The molecule has 1 aromatic heterocycles. The summed E-state index contributed by atoms with van der Waals surface area (Å²) in [6.45, 7) is 5.70. The zero-order valence-corrected chi connectivity index (χ0v) is 14.8. The number of hydrogen-bond donors (Lipinski definition) is 2. The van der Waals surface area contributed by atoms with Crippen LogP contribution in [0.1, 0.15) is 29.1 Å². The predicted molar refractivity (Wildman–Crippen MR) is 95.2 cm³/mol. The SMILES string of the molecule is Cc1ccc(NC(=O)[C@H](NC(=O)c2cccs2)C(C)C)c(Cl)c1. The zero-order chi connectivity index (χ0) is 17.0. The van der Waals surface area contributed by atoms with Gasteiger partial charge in [-0.05, 0) is 42.0 Å². The van der Waals surface area contributed by atoms with Gasteiger partial charge in [0, 0.05) is 0 Å². The summed E-state index contributed by atoms with van der Waals surface area (Å²) in [7, 11) is 0. The number of rotatable bonds is 5. The highest BCUT2D eigenvalue weighted by atomic mass is 35.5. The molecule has 0 aliphatic heterocycles. The standard InChI is InChI=1S/C17H19ClN2O2S/c1-10(2)15(20-16(21)14-5-4-8-23-14)17(22)19-13-7-6-11(3)9-12(13)18/h4-10,15H,1-3H3,(H,19,22)(H,20,21)/t15-/m1/s1. The predicted octanol–water partition coefficient (Wildman–Crippen LogP) is 4.10. The quantitative estimate of drug-likeness (QED) is 0.852. The van der Waals surface area contributed by atoms with Crippen LogP contribution < -0.4 is 10.6 Å². The third kappa shape index (κ3) is 4.56. The van der Waals surface area contributed by atoms with Crippen molar-refractivity contribution in [3.05, 3.63) is 51.2 Å². The van der Waals surface area contributed by atoms with Crippen molar-refractivity contribution < 1.29 is 9.59 Å². The molecule has 0 saturated carbocycles. The van der Waals surface area contributed by atoms with E-state index in [4.69, 9.17) is 11.6 Å². The van der Waals surface area contributed by atoms with Crippen LogP contribution in [0.5, 0.6) is 0 Å². The first kappa shape index (κ1) is 17.5. The first-order chi connectivity index (χ1) is 10.9. The molecule has 2 rings (SSSR count). The Bertz CT molecular complexity index is 699. The average molecular weight is 351 g/mol. The van der Waals surface area contributed by atoms with E-state index in [-0.39, 0.29) is 17.7 Å². The van der Waals surface area contributed by atoms with E-state index in [0.29, 0.717) is 15.6 Å². The third-order valence-electron chi connectivity index (χ3n) is 3.36. The minimum Gasteiger partial charge on any atom is -0.339 e. The summed E-state index contributed by atoms with van der Waals surface area (Å²) in [5, 5.41) is 7.88. The number of amides is 2. The number of thiophene rings is 1. The molecule has 122 valence electrons. The topological polar surface area (TPSA) is 58.2 Å². The van der Waals surface area contributed by atoms with Crippen LogP contribution in [0.4, 0.5) is 5.69 Å². The summed E-state index contributed by atoms with van der Waals surface area (Å²) in [6, 6.07) is 8.31. The Balaban J connectivity index is 2.10. The number of anilines is 1. The Morgan fingerprint density at radius 2 is 1.96 bits per heavy atom. The number of nitrogens with one attached hydrogen (secondary N) is 2. The first-order valence-electron chi connectivity index (χ1n) is 7.30. The summed E-state index contributed by atoms with van der Waals surface area (Å²) in [5.41, 5.74) is 1.55. The van der Waals surface area contributed by atoms with Crippen LogP contribution in [0.15, 0.2) is 35.7 Å². The summed E-state index contributed by atoms with van der Waals surface area (Å²) >= 11 is 7.48. The van der Waals surface area contributed by atoms with Crippen LogP contribution in [0.3, 0.4) is 0 Å². The summed E-state index contributed by atoms with van der Waals surface area (Å²) < 4.78 is 0. The molecule has 0 aliphatic carbocycles. The average Bonchev–Trinajstić information content (AvgIpc) is 3.01. The maximum absolute atomic E-state index is 12.5. The highest BCUT2D eigenvalue weighted by molar-refractivity contribution is 7.12. The van der Waals surface area contributed by atoms with Crippen molar-refractivity contribution in [3.63, 3.8) is 0 Å². The molecule has 23 heavy (non-hydrogen) atoms. The molecule has 0 spiro atoms. The summed E-state index contributed by atoms with van der Waals surface area (Å²) in [4.78, 5) is 25.3. The van der Waals surface area contributed by atoms with Crippen LogP contribution in [0.2, 0.25) is 5.02 Å². The molecule has 0 aliphatic rings. The summed E-state index contributed by atoms with van der Waals surface area (Å²) in [5.74, 6) is -0.581. The Kier molecular flexibility index (Phi) is 5.80. The molecule has 1 atom stereocenters. The largest absolute Gasteiger partial charge is 0.339 e. The Hall–Kier alpha value is -1.85. The fourth-order valence-corrected chi connectivity index (χ4v) is 3.00. The molecule has 0 radical (unpaired) electrons. The lowest BCUT2D eigenvalue weighted by Gasteiger charge is -2.21. The van der Waals surface area contributed by atoms with Gasteiger partial charge in [0.2, 0.25) is 5.91 Å². The minimum atomic E-state index is -0.637. The second kappa shape index (κ2) is 7.62. The second-order valence-electron chi connectivity index (χ2n) is 5.65. The van der Waals surface area contributed by atoms with E-state index >= 15 is 0 Å². The van der Waals surface area contributed by atoms with Crippen molar-refractivity contribution in [3.8, 4) is 0 Å². The molecule has 0 unspecified atom stereocenters. The van der Waals surface area contributed by atoms with E-state index < -0.39 is 6.04 Å². The monoisotopic (exact) mass is 350 g/mol. The van der Waals surface area contributed by atoms with Gasteiger partial charge in [-0.1, -0.05) is 37.6 Å². The maximum atomic E-state index is 12.5. The van der Waals surface area contributed by atoms with E-state index in [0.717, 1.165) is 5.56 Å². The third-order valence-corrected chi connectivity index (χ3v) is 4.54. The van der Waals surface area contributed by atoms with E-state index in [9.17, 15) is 9.59 Å². The molecule has 2 aromatic rings. The summed E-state index contributed by atoms with van der Waals surface area (Å²) in [6.07, 6.45) is 0. The van der Waals surface area contributed by atoms with Crippen molar-refractivity contribution in [1.82, 2.24) is 5.32 Å². The smallest absolute Gasteiger partial charge is 0.262 e. The van der Waals surface area contributed by atoms with Crippen LogP contribution in [-0.2, 0) is 4.79 Å². The number of benzene rings is 1. The molecular formula is C17H19ClN2O2S. The Morgan fingerprint density at radius 1 is 1.22 bits per heavy atom. The van der Waals surface area contributed by atoms with Gasteiger partial charge < -0.3 is 10.6 Å². The Morgan fingerprint density at radius 3 is 2.52 bits per heavy atom. The van der Waals surface area contributed by atoms with Crippen molar-refractivity contribution in [2.24, 2.45) is 5.92 Å². The molecule has 2 amide bonds. The minimum absolute atomic E-state index is 0.0527. The molecule has 1 aromatic carbocycles. The molecule has 1 heterocycles. The van der Waals surface area contributed by atoms with Gasteiger partial charge in [-0.25, -0.2) is 0 Å². The van der Waals surface area contributed by atoms with Crippen LogP contribution in [0.25, 0.3) is 0 Å². The molecule has 6 heteroatoms. The van der Waals surface area contributed by atoms with Crippen molar-refractivity contribution in [1.29, 1.82) is 0 Å². The number of halogens is 1. The fraction of sp³-hybridized carbons (Fsp3) is 0.294. The fourth-order valence-electron chi connectivity index (χ4n) is 2.09. The molecule has 0 saturated heterocycles. The van der Waals surface area contributed by atoms with Gasteiger partial charge in [0.1, 0.15) is 6.04 Å². The number of hydrogen-bond acceptors (Lipinski definition) is 3. The highest BCUT2D eigenvalue weighted by Gasteiger charge is 2.25. The van der Waals surface area contributed by atoms with E-state index in [2.05, 4.69) is 10.6 Å². The van der Waals surface area contributed by atoms with Crippen LogP contribution in [0, 0.1) is 12.8 Å². The van der Waals surface area contributed by atoms with Crippen molar-refractivity contribution in [2.75, 3.05) is 5.32 Å².